The van der Waals surface area contributed by atoms with Crippen molar-refractivity contribution in [1.82, 2.24) is 4.98 Å². The Balaban J connectivity index is 2.04. The van der Waals surface area contributed by atoms with Crippen LogP contribution in [-0.4, -0.2) is 16.9 Å². The number of ether oxygens (including phenoxy) is 1. The number of carbonyl (C=O) groups is 1. The van der Waals surface area contributed by atoms with Crippen LogP contribution in [-0.2, 0) is 6.54 Å². The van der Waals surface area contributed by atoms with Gasteiger partial charge >= 0.3 is 0 Å². The molecule has 0 aliphatic heterocycles. The van der Waals surface area contributed by atoms with Gasteiger partial charge in [-0.3, -0.25) is 4.79 Å². The van der Waals surface area contributed by atoms with Crippen molar-refractivity contribution in [3.8, 4) is 5.88 Å². The van der Waals surface area contributed by atoms with Gasteiger partial charge in [-0.05, 0) is 51.1 Å². The van der Waals surface area contributed by atoms with E-state index in [0.717, 1.165) is 11.3 Å². The van der Waals surface area contributed by atoms with E-state index < -0.39 is 0 Å². The van der Waals surface area contributed by atoms with Crippen molar-refractivity contribution in [2.75, 3.05) is 5.32 Å². The second-order valence-electron chi connectivity index (χ2n) is 5.12. The Bertz CT molecular complexity index is 606. The molecule has 2 aromatic rings. The van der Waals surface area contributed by atoms with Crippen LogP contribution in [0.4, 0.5) is 5.69 Å². The molecular weight excluding hydrogens is 264 g/mol. The molecule has 0 atom stereocenters. The maximum absolute atomic E-state index is 11.2. The van der Waals surface area contributed by atoms with E-state index in [1.54, 1.807) is 13.1 Å². The third-order valence-corrected chi connectivity index (χ3v) is 2.97. The van der Waals surface area contributed by atoms with E-state index in [9.17, 15) is 4.79 Å². The third-order valence-electron chi connectivity index (χ3n) is 2.97. The zero-order valence-corrected chi connectivity index (χ0v) is 12.6. The Morgan fingerprint density at radius 2 is 1.95 bits per heavy atom. The average Bonchev–Trinajstić information content (AvgIpc) is 2.46. The van der Waals surface area contributed by atoms with Gasteiger partial charge in [0.25, 0.3) is 0 Å². The second kappa shape index (κ2) is 6.88. The predicted molar refractivity (Wildman–Crippen MR) is 83.8 cm³/mol. The predicted octanol–water partition coefficient (Wildman–Crippen LogP) is 3.68. The third kappa shape index (κ3) is 4.31. The molecule has 1 aromatic carbocycles. The molecule has 0 saturated carbocycles. The number of Topliss-reactive ketones (excluding diaryl/α,β-unsaturated/α-hetero) is 1. The molecule has 1 heterocycles. The zero-order valence-electron chi connectivity index (χ0n) is 12.6. The fourth-order valence-corrected chi connectivity index (χ4v) is 1.91. The molecule has 0 aliphatic carbocycles. The molecule has 21 heavy (non-hydrogen) atoms. The SMILES string of the molecule is CC(=O)c1ccc(NCc2cccnc2OC(C)C)cc1. The van der Waals surface area contributed by atoms with Crippen LogP contribution in [0.15, 0.2) is 42.6 Å². The lowest BCUT2D eigenvalue weighted by Gasteiger charge is -2.13. The summed E-state index contributed by atoms with van der Waals surface area (Å²) in [6.45, 7) is 6.14. The van der Waals surface area contributed by atoms with Gasteiger partial charge in [0.05, 0.1) is 6.10 Å². The van der Waals surface area contributed by atoms with Crippen LogP contribution >= 0.6 is 0 Å². The van der Waals surface area contributed by atoms with E-state index in [1.165, 1.54) is 0 Å². The van der Waals surface area contributed by atoms with Crippen LogP contribution in [0.2, 0.25) is 0 Å². The lowest BCUT2D eigenvalue weighted by Crippen LogP contribution is -2.10. The van der Waals surface area contributed by atoms with E-state index in [1.807, 2.05) is 50.2 Å². The van der Waals surface area contributed by atoms with Crippen molar-refractivity contribution in [2.45, 2.75) is 33.4 Å². The fraction of sp³-hybridized carbons (Fsp3) is 0.294. The summed E-state index contributed by atoms with van der Waals surface area (Å²) in [5, 5.41) is 3.31. The van der Waals surface area contributed by atoms with Crippen molar-refractivity contribution in [2.24, 2.45) is 0 Å². The smallest absolute Gasteiger partial charge is 0.218 e. The van der Waals surface area contributed by atoms with E-state index in [2.05, 4.69) is 10.3 Å². The molecule has 0 radical (unpaired) electrons. The highest BCUT2D eigenvalue weighted by molar-refractivity contribution is 5.94. The van der Waals surface area contributed by atoms with Crippen molar-refractivity contribution >= 4 is 11.5 Å². The number of aromatic nitrogens is 1. The Labute approximate surface area is 125 Å². The lowest BCUT2D eigenvalue weighted by atomic mass is 10.1. The van der Waals surface area contributed by atoms with Crippen molar-refractivity contribution < 1.29 is 9.53 Å². The van der Waals surface area contributed by atoms with Crippen molar-refractivity contribution in [3.05, 3.63) is 53.7 Å². The van der Waals surface area contributed by atoms with Crippen LogP contribution in [0, 0.1) is 0 Å². The highest BCUT2D eigenvalue weighted by atomic mass is 16.5. The van der Waals surface area contributed by atoms with Gasteiger partial charge in [-0.1, -0.05) is 6.07 Å². The van der Waals surface area contributed by atoms with Gasteiger partial charge in [-0.25, -0.2) is 4.98 Å². The maximum Gasteiger partial charge on any atom is 0.218 e. The molecule has 0 amide bonds. The van der Waals surface area contributed by atoms with Gasteiger partial charge < -0.3 is 10.1 Å². The first-order chi connectivity index (χ1) is 10.1. The first-order valence-corrected chi connectivity index (χ1v) is 7.01. The Kier molecular flexibility index (Phi) is 4.93. The van der Waals surface area contributed by atoms with Gasteiger partial charge in [0, 0.05) is 29.6 Å². The van der Waals surface area contributed by atoms with Crippen LogP contribution < -0.4 is 10.1 Å². The number of hydrogen-bond donors (Lipinski definition) is 1. The number of carbonyl (C=O) groups excluding carboxylic acids is 1. The number of ketones is 1. The number of rotatable bonds is 6. The van der Waals surface area contributed by atoms with Gasteiger partial charge in [0.15, 0.2) is 5.78 Å². The number of nitrogens with one attached hydrogen (secondary N) is 1. The molecule has 1 aromatic heterocycles. The molecular formula is C17H20N2O2. The Morgan fingerprint density at radius 3 is 2.57 bits per heavy atom. The van der Waals surface area contributed by atoms with Crippen LogP contribution in [0.5, 0.6) is 5.88 Å². The maximum atomic E-state index is 11.2. The Morgan fingerprint density at radius 1 is 1.24 bits per heavy atom. The molecule has 0 unspecified atom stereocenters. The van der Waals surface area contributed by atoms with Gasteiger partial charge in [0.1, 0.15) is 0 Å². The molecule has 0 aliphatic rings. The Hall–Kier alpha value is -2.36. The summed E-state index contributed by atoms with van der Waals surface area (Å²) in [6, 6.07) is 11.3. The number of anilines is 1. The normalized spacial score (nSPS) is 10.5. The molecule has 4 heteroatoms. The summed E-state index contributed by atoms with van der Waals surface area (Å²) in [6.07, 6.45) is 1.82. The molecule has 0 bridgehead atoms. The van der Waals surface area contributed by atoms with Gasteiger partial charge in [0.2, 0.25) is 5.88 Å². The minimum atomic E-state index is 0.0708. The highest BCUT2D eigenvalue weighted by Crippen LogP contribution is 2.18. The minimum Gasteiger partial charge on any atom is -0.475 e. The summed E-state index contributed by atoms with van der Waals surface area (Å²) in [4.78, 5) is 15.5. The number of nitrogens with zero attached hydrogens (tertiary/aromatic N) is 1. The van der Waals surface area contributed by atoms with Crippen LogP contribution in [0.3, 0.4) is 0 Å². The second-order valence-corrected chi connectivity index (χ2v) is 5.12. The van der Waals surface area contributed by atoms with Crippen molar-refractivity contribution in [1.29, 1.82) is 0 Å². The van der Waals surface area contributed by atoms with Crippen LogP contribution in [0.25, 0.3) is 0 Å². The molecule has 110 valence electrons. The summed E-state index contributed by atoms with van der Waals surface area (Å²) in [7, 11) is 0. The summed E-state index contributed by atoms with van der Waals surface area (Å²) in [5.74, 6) is 0.724. The molecule has 0 saturated heterocycles. The van der Waals surface area contributed by atoms with Crippen LogP contribution in [0.1, 0.15) is 36.7 Å². The van der Waals surface area contributed by atoms with E-state index in [0.29, 0.717) is 18.0 Å². The lowest BCUT2D eigenvalue weighted by molar-refractivity contribution is 0.101. The largest absolute Gasteiger partial charge is 0.475 e. The summed E-state index contributed by atoms with van der Waals surface area (Å²) in [5.41, 5.74) is 2.67. The molecule has 4 nitrogen and oxygen atoms in total. The number of benzene rings is 1. The summed E-state index contributed by atoms with van der Waals surface area (Å²) < 4.78 is 5.69. The zero-order chi connectivity index (χ0) is 15.2. The van der Waals surface area contributed by atoms with E-state index in [4.69, 9.17) is 4.74 Å². The highest BCUT2D eigenvalue weighted by Gasteiger charge is 2.06. The monoisotopic (exact) mass is 284 g/mol. The standard InChI is InChI=1S/C17H20N2O2/c1-12(2)21-17-15(5-4-10-18-17)11-19-16-8-6-14(7-9-16)13(3)20/h4-10,12,19H,11H2,1-3H3. The van der Waals surface area contributed by atoms with E-state index in [-0.39, 0.29) is 11.9 Å². The van der Waals surface area contributed by atoms with Gasteiger partial charge in [-0.2, -0.15) is 0 Å². The van der Waals surface area contributed by atoms with Gasteiger partial charge in [-0.15, -0.1) is 0 Å². The van der Waals surface area contributed by atoms with E-state index >= 15 is 0 Å². The first-order valence-electron chi connectivity index (χ1n) is 7.01. The molecule has 0 spiro atoms. The van der Waals surface area contributed by atoms with Crippen molar-refractivity contribution in [3.63, 3.8) is 0 Å². The number of pyridine rings is 1. The first kappa shape index (κ1) is 15.0. The quantitative estimate of drug-likeness (QED) is 0.822. The summed E-state index contributed by atoms with van der Waals surface area (Å²) >= 11 is 0. The fourth-order valence-electron chi connectivity index (χ4n) is 1.91. The number of hydrogen-bond acceptors (Lipinski definition) is 4. The molecule has 0 fully saturated rings. The minimum absolute atomic E-state index is 0.0708. The molecule has 2 rings (SSSR count). The topological polar surface area (TPSA) is 51.2 Å². The average molecular weight is 284 g/mol. The molecule has 1 N–H and O–H groups in total.